The summed E-state index contributed by atoms with van der Waals surface area (Å²) in [6.45, 7) is 0. The van der Waals surface area contributed by atoms with Gasteiger partial charge in [-0.05, 0) is 33.6 Å². The minimum absolute atomic E-state index is 0.346. The summed E-state index contributed by atoms with van der Waals surface area (Å²) in [4.78, 5) is -0.401. The fourth-order valence-corrected chi connectivity index (χ4v) is 3.43. The molecule has 0 aliphatic carbocycles. The summed E-state index contributed by atoms with van der Waals surface area (Å²) in [6.07, 6.45) is 0. The molecule has 0 amide bonds. The van der Waals surface area contributed by atoms with Gasteiger partial charge in [0.1, 0.15) is 5.82 Å². The number of halogens is 4. The number of ether oxygens (including phenoxy) is 2. The van der Waals surface area contributed by atoms with Gasteiger partial charge >= 0.3 is 0 Å². The van der Waals surface area contributed by atoms with E-state index in [0.29, 0.717) is 22.1 Å². The topological polar surface area (TPSA) is 18.5 Å². The fourth-order valence-electron chi connectivity index (χ4n) is 1.95. The first kappa shape index (κ1) is 16.6. The molecule has 0 aliphatic rings. The summed E-state index contributed by atoms with van der Waals surface area (Å²) in [5.41, 5.74) is 1.19. The maximum Gasteiger partial charge on any atom is 0.163 e. The molecule has 2 rings (SSSR count). The maximum absolute atomic E-state index is 14.3. The lowest BCUT2D eigenvalue weighted by Gasteiger charge is -2.16. The minimum atomic E-state index is -0.401. The lowest BCUT2D eigenvalue weighted by molar-refractivity contribution is 0.351. The Morgan fingerprint density at radius 1 is 1.10 bits per heavy atom. The van der Waals surface area contributed by atoms with E-state index in [1.807, 2.05) is 18.2 Å². The minimum Gasteiger partial charge on any atom is -0.493 e. The van der Waals surface area contributed by atoms with Crippen LogP contribution in [0.1, 0.15) is 16.0 Å². The second-order valence-electron chi connectivity index (χ2n) is 4.23. The zero-order valence-corrected chi connectivity index (χ0v) is 15.2. The summed E-state index contributed by atoms with van der Waals surface area (Å²) in [7, 11) is 2.97. The highest BCUT2D eigenvalue weighted by Gasteiger charge is 2.21. The summed E-state index contributed by atoms with van der Waals surface area (Å²) < 4.78 is 25.4. The Labute approximate surface area is 144 Å². The molecule has 21 heavy (non-hydrogen) atoms. The summed E-state index contributed by atoms with van der Waals surface area (Å²) in [6, 6.07) is 8.41. The van der Waals surface area contributed by atoms with Crippen LogP contribution in [0.2, 0.25) is 5.02 Å². The summed E-state index contributed by atoms with van der Waals surface area (Å²) >= 11 is 13.1. The van der Waals surface area contributed by atoms with E-state index in [4.69, 9.17) is 21.1 Å². The van der Waals surface area contributed by atoms with Gasteiger partial charge in [0.2, 0.25) is 0 Å². The van der Waals surface area contributed by atoms with E-state index in [0.717, 1.165) is 10.0 Å². The van der Waals surface area contributed by atoms with Gasteiger partial charge < -0.3 is 9.47 Å². The molecule has 0 saturated carbocycles. The lowest BCUT2D eigenvalue weighted by atomic mass is 10.0. The summed E-state index contributed by atoms with van der Waals surface area (Å²) in [5.74, 6) is 0.411. The van der Waals surface area contributed by atoms with Crippen LogP contribution in [-0.2, 0) is 0 Å². The predicted octanol–water partition coefficient (Wildman–Crippen LogP) is 5.74. The second-order valence-corrected chi connectivity index (χ2v) is 6.38. The van der Waals surface area contributed by atoms with Gasteiger partial charge in [-0.1, -0.05) is 39.7 Å². The molecule has 0 bridgehead atoms. The first-order valence-electron chi connectivity index (χ1n) is 5.99. The molecular weight excluding hydrogens is 426 g/mol. The molecular formula is C15H12Br2ClFO2. The van der Waals surface area contributed by atoms with Crippen LogP contribution in [0.4, 0.5) is 4.39 Å². The number of hydrogen-bond acceptors (Lipinski definition) is 2. The zero-order chi connectivity index (χ0) is 15.6. The predicted molar refractivity (Wildman–Crippen MR) is 89.4 cm³/mol. The molecule has 6 heteroatoms. The van der Waals surface area contributed by atoms with Crippen molar-refractivity contribution in [1.82, 2.24) is 0 Å². The van der Waals surface area contributed by atoms with Crippen molar-refractivity contribution in [2.24, 2.45) is 0 Å². The fraction of sp³-hybridized carbons (Fsp3) is 0.200. The molecule has 0 heterocycles. The van der Waals surface area contributed by atoms with Gasteiger partial charge in [-0.2, -0.15) is 0 Å². The Bertz CT molecular complexity index is 664. The van der Waals surface area contributed by atoms with E-state index >= 15 is 0 Å². The Hall–Kier alpha value is -0.780. The molecule has 0 spiro atoms. The molecule has 1 atom stereocenters. The van der Waals surface area contributed by atoms with Crippen molar-refractivity contribution in [2.45, 2.75) is 4.83 Å². The van der Waals surface area contributed by atoms with Crippen LogP contribution in [-0.4, -0.2) is 14.2 Å². The van der Waals surface area contributed by atoms with Crippen LogP contribution in [0.5, 0.6) is 11.5 Å². The van der Waals surface area contributed by atoms with Crippen molar-refractivity contribution in [3.05, 3.63) is 56.8 Å². The number of hydrogen-bond donors (Lipinski definition) is 0. The van der Waals surface area contributed by atoms with Crippen molar-refractivity contribution in [3.8, 4) is 11.5 Å². The van der Waals surface area contributed by atoms with Crippen LogP contribution in [0.25, 0.3) is 0 Å². The van der Waals surface area contributed by atoms with Crippen LogP contribution in [0.15, 0.2) is 34.8 Å². The second kappa shape index (κ2) is 6.99. The first-order chi connectivity index (χ1) is 9.99. The normalized spacial score (nSPS) is 12.1. The first-order valence-corrected chi connectivity index (χ1v) is 8.07. The van der Waals surface area contributed by atoms with Crippen molar-refractivity contribution in [3.63, 3.8) is 0 Å². The molecule has 0 aromatic heterocycles. The molecule has 0 N–H and O–H groups in total. The van der Waals surface area contributed by atoms with Gasteiger partial charge in [-0.3, -0.25) is 0 Å². The van der Waals surface area contributed by atoms with E-state index in [-0.39, 0.29) is 0 Å². The molecule has 1 unspecified atom stereocenters. The SMILES string of the molecule is COc1cc(F)c(C(Br)c2cccc(Br)c2Cl)cc1OC. The molecule has 2 aromatic rings. The largest absolute Gasteiger partial charge is 0.493 e. The third kappa shape index (κ3) is 3.35. The average molecular weight is 439 g/mol. The molecule has 0 fully saturated rings. The molecule has 2 nitrogen and oxygen atoms in total. The van der Waals surface area contributed by atoms with E-state index in [1.54, 1.807) is 6.07 Å². The lowest BCUT2D eigenvalue weighted by Crippen LogP contribution is -2.01. The van der Waals surface area contributed by atoms with Crippen molar-refractivity contribution < 1.29 is 13.9 Å². The van der Waals surface area contributed by atoms with Gasteiger partial charge in [0.15, 0.2) is 11.5 Å². The van der Waals surface area contributed by atoms with E-state index in [9.17, 15) is 4.39 Å². The number of alkyl halides is 1. The monoisotopic (exact) mass is 436 g/mol. The van der Waals surface area contributed by atoms with Gasteiger partial charge in [0.05, 0.1) is 24.1 Å². The Morgan fingerprint density at radius 2 is 1.71 bits per heavy atom. The number of methoxy groups -OCH3 is 2. The smallest absolute Gasteiger partial charge is 0.163 e. The third-order valence-electron chi connectivity index (χ3n) is 3.03. The Kier molecular flexibility index (Phi) is 5.52. The molecule has 2 aromatic carbocycles. The highest BCUT2D eigenvalue weighted by Crippen LogP contribution is 2.42. The molecule has 0 saturated heterocycles. The van der Waals surface area contributed by atoms with Gasteiger partial charge in [-0.25, -0.2) is 4.39 Å². The standard InChI is InChI=1S/C15H12Br2ClFO2/c1-20-12-6-9(11(19)7-13(12)21-2)14(17)8-4-3-5-10(16)15(8)18/h3-7,14H,1-2H3. The van der Waals surface area contributed by atoms with Gasteiger partial charge in [-0.15, -0.1) is 0 Å². The van der Waals surface area contributed by atoms with Gasteiger partial charge in [0.25, 0.3) is 0 Å². The third-order valence-corrected chi connectivity index (χ3v) is 5.33. The van der Waals surface area contributed by atoms with Crippen LogP contribution in [0, 0.1) is 5.82 Å². The van der Waals surface area contributed by atoms with Crippen LogP contribution in [0.3, 0.4) is 0 Å². The van der Waals surface area contributed by atoms with Gasteiger partial charge in [0, 0.05) is 16.1 Å². The Morgan fingerprint density at radius 3 is 2.33 bits per heavy atom. The van der Waals surface area contributed by atoms with E-state index < -0.39 is 10.6 Å². The number of benzene rings is 2. The highest BCUT2D eigenvalue weighted by atomic mass is 79.9. The quantitative estimate of drug-likeness (QED) is 0.567. The van der Waals surface area contributed by atoms with Crippen molar-refractivity contribution in [1.29, 1.82) is 0 Å². The van der Waals surface area contributed by atoms with E-state index in [1.165, 1.54) is 20.3 Å². The molecule has 0 aliphatic heterocycles. The van der Waals surface area contributed by atoms with Crippen molar-refractivity contribution in [2.75, 3.05) is 14.2 Å². The Balaban J connectivity index is 2.53. The van der Waals surface area contributed by atoms with Crippen LogP contribution < -0.4 is 9.47 Å². The average Bonchev–Trinajstić information content (AvgIpc) is 2.49. The van der Waals surface area contributed by atoms with Crippen molar-refractivity contribution >= 4 is 43.5 Å². The highest BCUT2D eigenvalue weighted by molar-refractivity contribution is 9.10. The number of rotatable bonds is 4. The zero-order valence-electron chi connectivity index (χ0n) is 11.3. The van der Waals surface area contributed by atoms with E-state index in [2.05, 4.69) is 31.9 Å². The molecule has 112 valence electrons. The molecule has 0 radical (unpaired) electrons. The maximum atomic E-state index is 14.3. The van der Waals surface area contributed by atoms with Crippen LogP contribution >= 0.6 is 43.5 Å². The summed E-state index contributed by atoms with van der Waals surface area (Å²) in [5, 5.41) is 0.536.